The normalized spacial score (nSPS) is 25.0. The van der Waals surface area contributed by atoms with Crippen LogP contribution in [0.15, 0.2) is 41.7 Å². The van der Waals surface area contributed by atoms with E-state index in [1.54, 1.807) is 17.9 Å². The molecule has 1 aromatic heterocycles. The number of amides is 1. The summed E-state index contributed by atoms with van der Waals surface area (Å²) < 4.78 is 1.81. The Bertz CT molecular complexity index is 991. The van der Waals surface area contributed by atoms with Crippen molar-refractivity contribution in [1.29, 1.82) is 0 Å². The first-order valence-corrected chi connectivity index (χ1v) is 9.15. The van der Waals surface area contributed by atoms with Crippen LogP contribution in [0, 0.1) is 23.7 Å². The van der Waals surface area contributed by atoms with Crippen LogP contribution in [0.5, 0.6) is 0 Å². The van der Waals surface area contributed by atoms with Crippen molar-refractivity contribution in [3.05, 3.63) is 47.8 Å². The lowest BCUT2D eigenvalue weighted by molar-refractivity contribution is -0.135. The van der Waals surface area contributed by atoms with Crippen molar-refractivity contribution in [3.8, 4) is 17.5 Å². The first kappa shape index (κ1) is 17.3. The quantitative estimate of drug-likeness (QED) is 0.852. The lowest BCUT2D eigenvalue weighted by Gasteiger charge is -2.40. The van der Waals surface area contributed by atoms with Crippen LogP contribution >= 0.6 is 0 Å². The van der Waals surface area contributed by atoms with Gasteiger partial charge in [-0.25, -0.2) is 9.67 Å². The van der Waals surface area contributed by atoms with Gasteiger partial charge in [0, 0.05) is 24.4 Å². The Morgan fingerprint density at radius 1 is 1.33 bits per heavy atom. The second-order valence-electron chi connectivity index (χ2n) is 7.43. The average molecular weight is 361 g/mol. The summed E-state index contributed by atoms with van der Waals surface area (Å²) in [6.07, 6.45) is 5.86. The average Bonchev–Trinajstić information content (AvgIpc) is 3.33. The third-order valence-corrected chi connectivity index (χ3v) is 5.53. The van der Waals surface area contributed by atoms with E-state index in [1.165, 1.54) is 4.90 Å². The van der Waals surface area contributed by atoms with Gasteiger partial charge in [-0.05, 0) is 50.8 Å². The molecule has 1 saturated carbocycles. The number of carbonyl (C=O) groups is 1. The highest BCUT2D eigenvalue weighted by Gasteiger charge is 2.53. The maximum absolute atomic E-state index is 12.9. The topological polar surface area (TPSA) is 76.5 Å². The molecule has 0 radical (unpaired) electrons. The van der Waals surface area contributed by atoms with Crippen molar-refractivity contribution in [2.75, 3.05) is 7.05 Å². The molecular weight excluding hydrogens is 338 g/mol. The third-order valence-electron chi connectivity index (χ3n) is 5.53. The molecule has 2 aromatic rings. The standard InChI is InChI=1S/C21H23N5O/c1-4-6-14-7-5-8-17(11-14)26-13-16(12-23-26)21(2)18(15-9-10-15)19(27)25(3)20(22)24-21/h5,7-8,11-13,15,18H,9-10H2,1-3H3,(H2,22,24)/t18-,21-/m1/s1. The molecule has 2 atom stereocenters. The van der Waals surface area contributed by atoms with E-state index in [0.29, 0.717) is 5.92 Å². The molecule has 1 aliphatic heterocycles. The maximum Gasteiger partial charge on any atom is 0.235 e. The highest BCUT2D eigenvalue weighted by Crippen LogP contribution is 2.50. The molecule has 1 aromatic carbocycles. The van der Waals surface area contributed by atoms with Gasteiger partial charge in [0.05, 0.1) is 17.8 Å². The minimum atomic E-state index is -0.700. The van der Waals surface area contributed by atoms with Crippen molar-refractivity contribution < 1.29 is 4.79 Å². The second kappa shape index (κ2) is 6.27. The molecule has 0 unspecified atom stereocenters. The van der Waals surface area contributed by atoms with E-state index in [4.69, 9.17) is 10.7 Å². The molecule has 6 heteroatoms. The Hall–Kier alpha value is -3.07. The number of nitrogens with two attached hydrogens (primary N) is 1. The zero-order valence-corrected chi connectivity index (χ0v) is 15.8. The summed E-state index contributed by atoms with van der Waals surface area (Å²) >= 11 is 0. The summed E-state index contributed by atoms with van der Waals surface area (Å²) in [5.74, 6) is 6.42. The van der Waals surface area contributed by atoms with Crippen molar-refractivity contribution in [2.45, 2.75) is 32.2 Å². The lowest BCUT2D eigenvalue weighted by Crippen LogP contribution is -2.54. The second-order valence-corrected chi connectivity index (χ2v) is 7.43. The number of hydrogen-bond donors (Lipinski definition) is 1. The van der Waals surface area contributed by atoms with E-state index in [2.05, 4.69) is 16.9 Å². The van der Waals surface area contributed by atoms with E-state index in [9.17, 15) is 4.79 Å². The Morgan fingerprint density at radius 3 is 2.81 bits per heavy atom. The van der Waals surface area contributed by atoms with Crippen LogP contribution in [0.3, 0.4) is 0 Å². The molecular formula is C21H23N5O. The van der Waals surface area contributed by atoms with Gasteiger partial charge in [-0.15, -0.1) is 5.92 Å². The summed E-state index contributed by atoms with van der Waals surface area (Å²) in [5.41, 5.74) is 8.10. The number of carbonyl (C=O) groups excluding carboxylic acids is 1. The molecule has 138 valence electrons. The highest BCUT2D eigenvalue weighted by atomic mass is 16.2. The molecule has 4 rings (SSSR count). The highest BCUT2D eigenvalue weighted by molar-refractivity contribution is 6.00. The van der Waals surface area contributed by atoms with Gasteiger partial charge < -0.3 is 5.73 Å². The molecule has 1 amide bonds. The van der Waals surface area contributed by atoms with E-state index < -0.39 is 5.54 Å². The number of aliphatic imine (C=N–C) groups is 1. The minimum Gasteiger partial charge on any atom is -0.369 e. The van der Waals surface area contributed by atoms with E-state index >= 15 is 0 Å². The number of hydrogen-bond acceptors (Lipinski definition) is 4. The van der Waals surface area contributed by atoms with Crippen LogP contribution in [0.2, 0.25) is 0 Å². The van der Waals surface area contributed by atoms with Gasteiger partial charge in [-0.3, -0.25) is 9.69 Å². The molecule has 6 nitrogen and oxygen atoms in total. The fourth-order valence-electron chi connectivity index (χ4n) is 3.87. The Labute approximate surface area is 159 Å². The van der Waals surface area contributed by atoms with E-state index in [-0.39, 0.29) is 17.8 Å². The summed E-state index contributed by atoms with van der Waals surface area (Å²) in [6.45, 7) is 3.81. The lowest BCUT2D eigenvalue weighted by atomic mass is 9.76. The Kier molecular flexibility index (Phi) is 4.03. The number of benzene rings is 1. The van der Waals surface area contributed by atoms with Gasteiger partial charge in [-0.1, -0.05) is 12.0 Å². The molecule has 27 heavy (non-hydrogen) atoms. The summed E-state index contributed by atoms with van der Waals surface area (Å²) in [5, 5.41) is 4.52. The number of guanidine groups is 1. The van der Waals surface area contributed by atoms with Crippen LogP contribution in [-0.4, -0.2) is 33.6 Å². The van der Waals surface area contributed by atoms with Gasteiger partial charge >= 0.3 is 0 Å². The van der Waals surface area contributed by atoms with Crippen molar-refractivity contribution in [3.63, 3.8) is 0 Å². The Balaban J connectivity index is 1.76. The molecule has 2 N–H and O–H groups in total. The van der Waals surface area contributed by atoms with Gasteiger partial charge in [0.1, 0.15) is 5.54 Å². The molecule has 1 fully saturated rings. The van der Waals surface area contributed by atoms with Crippen LogP contribution in [-0.2, 0) is 10.3 Å². The molecule has 1 aliphatic carbocycles. The summed E-state index contributed by atoms with van der Waals surface area (Å²) in [7, 11) is 1.69. The van der Waals surface area contributed by atoms with Crippen molar-refractivity contribution in [2.24, 2.45) is 22.6 Å². The fraction of sp³-hybridized carbons (Fsp3) is 0.381. The fourth-order valence-corrected chi connectivity index (χ4v) is 3.87. The zero-order valence-electron chi connectivity index (χ0n) is 15.8. The molecule has 0 saturated heterocycles. The monoisotopic (exact) mass is 361 g/mol. The van der Waals surface area contributed by atoms with E-state index in [1.807, 2.05) is 44.3 Å². The number of rotatable bonds is 3. The third kappa shape index (κ3) is 2.89. The number of aromatic nitrogens is 2. The maximum atomic E-state index is 12.9. The predicted octanol–water partition coefficient (Wildman–Crippen LogP) is 2.27. The molecule has 2 aliphatic rings. The molecule has 2 heterocycles. The Morgan fingerprint density at radius 2 is 2.11 bits per heavy atom. The van der Waals surface area contributed by atoms with Crippen LogP contribution in [0.25, 0.3) is 5.69 Å². The summed E-state index contributed by atoms with van der Waals surface area (Å²) in [6, 6.07) is 7.90. The first-order valence-electron chi connectivity index (χ1n) is 9.15. The largest absolute Gasteiger partial charge is 0.369 e. The van der Waals surface area contributed by atoms with Crippen molar-refractivity contribution in [1.82, 2.24) is 14.7 Å². The van der Waals surface area contributed by atoms with Gasteiger partial charge in [-0.2, -0.15) is 5.10 Å². The number of nitrogens with zero attached hydrogens (tertiary/aromatic N) is 4. The smallest absolute Gasteiger partial charge is 0.235 e. The van der Waals surface area contributed by atoms with Gasteiger partial charge in [0.25, 0.3) is 0 Å². The van der Waals surface area contributed by atoms with Gasteiger partial charge in [0.2, 0.25) is 5.91 Å². The van der Waals surface area contributed by atoms with Crippen LogP contribution in [0.1, 0.15) is 37.8 Å². The summed E-state index contributed by atoms with van der Waals surface area (Å²) in [4.78, 5) is 19.1. The van der Waals surface area contributed by atoms with Crippen LogP contribution < -0.4 is 5.73 Å². The SMILES string of the molecule is CC#Cc1cccc(-n2cc([C@@]3(C)N=C(N)N(C)C(=O)[C@H]3C3CC3)cn2)c1. The molecule has 0 spiro atoms. The first-order chi connectivity index (χ1) is 12.9. The van der Waals surface area contributed by atoms with Crippen LogP contribution in [0.4, 0.5) is 0 Å². The molecule has 0 bridgehead atoms. The van der Waals surface area contributed by atoms with E-state index in [0.717, 1.165) is 29.7 Å². The minimum absolute atomic E-state index is 0.0421. The van der Waals surface area contributed by atoms with Gasteiger partial charge in [0.15, 0.2) is 5.96 Å². The predicted molar refractivity (Wildman–Crippen MR) is 104 cm³/mol. The van der Waals surface area contributed by atoms with Crippen molar-refractivity contribution >= 4 is 11.9 Å². The zero-order chi connectivity index (χ0) is 19.2.